The van der Waals surface area contributed by atoms with Crippen LogP contribution in [0.15, 0.2) is 36.4 Å². The Balaban J connectivity index is 1.98. The van der Waals surface area contributed by atoms with Gasteiger partial charge in [0.15, 0.2) is 0 Å². The van der Waals surface area contributed by atoms with Gasteiger partial charge >= 0.3 is 12.1 Å². The van der Waals surface area contributed by atoms with Crippen LogP contribution in [0, 0.1) is 0 Å². The largest absolute Gasteiger partial charge is 0.465 e. The van der Waals surface area contributed by atoms with E-state index in [0.29, 0.717) is 12.1 Å². The minimum Gasteiger partial charge on any atom is -0.465 e. The number of carboxylic acid groups (broad SMARTS) is 1. The van der Waals surface area contributed by atoms with Crippen molar-refractivity contribution in [2.75, 3.05) is 25.1 Å². The molecule has 3 rings (SSSR count). The molecule has 0 heterocycles. The van der Waals surface area contributed by atoms with Gasteiger partial charge in [0.05, 0.1) is 25.3 Å². The molecular weight excluding hydrogens is 416 g/mol. The Labute approximate surface area is 197 Å². The number of anilines is 1. The second-order valence-corrected chi connectivity index (χ2v) is 8.79. The van der Waals surface area contributed by atoms with E-state index in [1.54, 1.807) is 18.2 Å². The Morgan fingerprint density at radius 1 is 1.06 bits per heavy atom. The fourth-order valence-corrected chi connectivity index (χ4v) is 4.75. The molecule has 0 radical (unpaired) electrons. The first-order chi connectivity index (χ1) is 15.9. The minimum atomic E-state index is -0.977. The van der Waals surface area contributed by atoms with Gasteiger partial charge in [-0.3, -0.25) is 4.90 Å². The van der Waals surface area contributed by atoms with Crippen LogP contribution in [0.4, 0.5) is 10.5 Å². The lowest BCUT2D eigenvalue weighted by Gasteiger charge is -2.32. The van der Waals surface area contributed by atoms with Gasteiger partial charge in [-0.05, 0) is 79.5 Å². The fourth-order valence-electron chi connectivity index (χ4n) is 4.75. The van der Waals surface area contributed by atoms with E-state index in [4.69, 9.17) is 4.74 Å². The molecule has 0 spiro atoms. The van der Waals surface area contributed by atoms with E-state index < -0.39 is 18.1 Å². The number of benzene rings is 2. The number of aryl methyl sites for hydroxylation is 2. The van der Waals surface area contributed by atoms with Gasteiger partial charge in [0.25, 0.3) is 0 Å². The lowest BCUT2D eigenvalue weighted by Crippen LogP contribution is -2.33. The molecule has 178 valence electrons. The number of carbonyl (C=O) groups is 2. The summed E-state index contributed by atoms with van der Waals surface area (Å²) in [7, 11) is 1.34. The number of hydrogen-bond acceptors (Lipinski definition) is 4. The number of ether oxygens (including phenoxy) is 1. The van der Waals surface area contributed by atoms with Crippen LogP contribution >= 0.6 is 0 Å². The van der Waals surface area contributed by atoms with E-state index in [-0.39, 0.29) is 0 Å². The molecule has 2 aromatic carbocycles. The molecule has 0 saturated carbocycles. The summed E-state index contributed by atoms with van der Waals surface area (Å²) in [4.78, 5) is 28.2. The maximum absolute atomic E-state index is 12.4. The van der Waals surface area contributed by atoms with E-state index in [1.165, 1.54) is 23.1 Å². The zero-order chi connectivity index (χ0) is 24.0. The zero-order valence-electron chi connectivity index (χ0n) is 20.3. The molecular formula is C27H36N2O4. The summed E-state index contributed by atoms with van der Waals surface area (Å²) in [5, 5.41) is 10.1. The van der Waals surface area contributed by atoms with Crippen molar-refractivity contribution in [3.63, 3.8) is 0 Å². The van der Waals surface area contributed by atoms with Crippen LogP contribution in [0.5, 0.6) is 0 Å². The number of hydrogen-bond donors (Lipinski definition) is 1. The van der Waals surface area contributed by atoms with Crippen molar-refractivity contribution in [2.45, 2.75) is 65.5 Å². The SMILES string of the molecule is CCCN(CCC)c1cc2c(cc1CN(C(=O)O)C(C)c1cccc(C(=O)OC)c1)CCC2. The van der Waals surface area contributed by atoms with Gasteiger partial charge in [-0.25, -0.2) is 9.59 Å². The highest BCUT2D eigenvalue weighted by atomic mass is 16.5. The first kappa shape index (κ1) is 24.6. The third kappa shape index (κ3) is 5.67. The highest BCUT2D eigenvalue weighted by Gasteiger charge is 2.25. The lowest BCUT2D eigenvalue weighted by molar-refractivity contribution is 0.0600. The van der Waals surface area contributed by atoms with Crippen molar-refractivity contribution in [1.82, 2.24) is 4.90 Å². The first-order valence-corrected chi connectivity index (χ1v) is 12.0. The van der Waals surface area contributed by atoms with E-state index >= 15 is 0 Å². The van der Waals surface area contributed by atoms with Crippen molar-refractivity contribution >= 4 is 17.7 Å². The summed E-state index contributed by atoms with van der Waals surface area (Å²) in [6.07, 6.45) is 4.39. The molecule has 1 aliphatic rings. The third-order valence-corrected chi connectivity index (χ3v) is 6.46. The number of rotatable bonds is 10. The molecule has 33 heavy (non-hydrogen) atoms. The van der Waals surface area contributed by atoms with Crippen LogP contribution in [0.2, 0.25) is 0 Å². The quantitative estimate of drug-likeness (QED) is 0.459. The third-order valence-electron chi connectivity index (χ3n) is 6.46. The van der Waals surface area contributed by atoms with Crippen molar-refractivity contribution in [3.05, 3.63) is 64.2 Å². The first-order valence-electron chi connectivity index (χ1n) is 12.0. The van der Waals surface area contributed by atoms with Gasteiger partial charge < -0.3 is 14.7 Å². The second kappa shape index (κ2) is 11.2. The van der Waals surface area contributed by atoms with E-state index in [0.717, 1.165) is 62.0 Å². The normalized spacial score (nSPS) is 13.3. The Kier molecular flexibility index (Phi) is 8.37. The Hall–Kier alpha value is -3.02. The van der Waals surface area contributed by atoms with Gasteiger partial charge in [-0.2, -0.15) is 0 Å². The average Bonchev–Trinajstić information content (AvgIpc) is 3.28. The lowest BCUT2D eigenvalue weighted by atomic mass is 10.00. The molecule has 0 bridgehead atoms. The van der Waals surface area contributed by atoms with Crippen LogP contribution < -0.4 is 4.90 Å². The van der Waals surface area contributed by atoms with Crippen LogP contribution in [0.3, 0.4) is 0 Å². The Morgan fingerprint density at radius 3 is 2.33 bits per heavy atom. The summed E-state index contributed by atoms with van der Waals surface area (Å²) >= 11 is 0. The highest BCUT2D eigenvalue weighted by Crippen LogP contribution is 2.34. The molecule has 0 saturated heterocycles. The Morgan fingerprint density at radius 2 is 1.73 bits per heavy atom. The summed E-state index contributed by atoms with van der Waals surface area (Å²) in [6, 6.07) is 11.1. The molecule has 6 heteroatoms. The van der Waals surface area contributed by atoms with Gasteiger partial charge in [-0.1, -0.05) is 32.0 Å². The van der Waals surface area contributed by atoms with Crippen LogP contribution in [0.1, 0.15) is 78.7 Å². The smallest absolute Gasteiger partial charge is 0.408 e. The molecule has 1 atom stereocenters. The molecule has 1 N–H and O–H groups in total. The molecule has 0 aliphatic heterocycles. The van der Waals surface area contributed by atoms with Crippen molar-refractivity contribution in [3.8, 4) is 0 Å². The van der Waals surface area contributed by atoms with Gasteiger partial charge in [0, 0.05) is 18.8 Å². The highest BCUT2D eigenvalue weighted by molar-refractivity contribution is 5.89. The number of amides is 1. The molecule has 2 aromatic rings. The molecule has 0 fully saturated rings. The van der Waals surface area contributed by atoms with Crippen LogP contribution in [-0.4, -0.2) is 42.3 Å². The predicted octanol–water partition coefficient (Wildman–Crippen LogP) is 5.83. The maximum atomic E-state index is 12.4. The topological polar surface area (TPSA) is 70.1 Å². The zero-order valence-corrected chi connectivity index (χ0v) is 20.3. The Bertz CT molecular complexity index is 982. The van der Waals surface area contributed by atoms with Crippen molar-refractivity contribution in [2.24, 2.45) is 0 Å². The van der Waals surface area contributed by atoms with E-state index in [2.05, 4.69) is 30.9 Å². The monoisotopic (exact) mass is 452 g/mol. The summed E-state index contributed by atoms with van der Waals surface area (Å²) in [5.74, 6) is -0.429. The van der Waals surface area contributed by atoms with Crippen LogP contribution in [0.25, 0.3) is 0 Å². The summed E-state index contributed by atoms with van der Waals surface area (Å²) in [5.41, 5.74) is 6.13. The molecule has 1 amide bonds. The predicted molar refractivity (Wildman–Crippen MR) is 131 cm³/mol. The fraction of sp³-hybridized carbons (Fsp3) is 0.481. The number of nitrogens with zero attached hydrogens (tertiary/aromatic N) is 2. The van der Waals surface area contributed by atoms with Crippen LogP contribution in [-0.2, 0) is 24.1 Å². The van der Waals surface area contributed by atoms with E-state index in [1.807, 2.05) is 13.0 Å². The minimum absolute atomic E-state index is 0.297. The summed E-state index contributed by atoms with van der Waals surface area (Å²) < 4.78 is 4.83. The number of carbonyl (C=O) groups excluding carboxylic acids is 1. The van der Waals surface area contributed by atoms with Crippen molar-refractivity contribution < 1.29 is 19.4 Å². The van der Waals surface area contributed by atoms with Gasteiger partial charge in [0.2, 0.25) is 0 Å². The standard InChI is InChI=1S/C27H36N2O4/c1-5-13-28(14-6-2)25-17-22-11-8-10-21(22)16-24(25)18-29(27(31)32)19(3)20-9-7-12-23(15-20)26(30)33-4/h7,9,12,15-17,19H,5-6,8,10-11,13-14,18H2,1-4H3,(H,31,32). The molecule has 6 nitrogen and oxygen atoms in total. The second-order valence-electron chi connectivity index (χ2n) is 8.79. The van der Waals surface area contributed by atoms with E-state index in [9.17, 15) is 14.7 Å². The summed E-state index contributed by atoms with van der Waals surface area (Å²) in [6.45, 7) is 8.41. The maximum Gasteiger partial charge on any atom is 0.408 e. The molecule has 1 unspecified atom stereocenters. The molecule has 0 aromatic heterocycles. The number of esters is 1. The van der Waals surface area contributed by atoms with Gasteiger partial charge in [-0.15, -0.1) is 0 Å². The van der Waals surface area contributed by atoms with Gasteiger partial charge in [0.1, 0.15) is 0 Å². The average molecular weight is 453 g/mol. The van der Waals surface area contributed by atoms with Crippen molar-refractivity contribution in [1.29, 1.82) is 0 Å². The molecule has 1 aliphatic carbocycles. The number of methoxy groups -OCH3 is 1. The number of fused-ring (bicyclic) bond motifs is 1.